The maximum atomic E-state index is 9.79. The highest BCUT2D eigenvalue weighted by atomic mass is 16.3. The van der Waals surface area contributed by atoms with E-state index in [0.29, 0.717) is 0 Å². The average Bonchev–Trinajstić information content (AvgIpc) is 2.40. The number of allylic oxidation sites excluding steroid dienone is 3. The lowest BCUT2D eigenvalue weighted by atomic mass is 9.71. The molecule has 0 radical (unpaired) electrons. The Morgan fingerprint density at radius 2 is 1.95 bits per heavy atom. The normalized spacial score (nSPS) is 15.4. The molecule has 1 aromatic carbocycles. The van der Waals surface area contributed by atoms with E-state index in [1.807, 2.05) is 24.3 Å². The van der Waals surface area contributed by atoms with Crippen molar-refractivity contribution < 1.29 is 5.11 Å². The number of hydrogen-bond acceptors (Lipinski definition) is 1. The molecule has 0 heterocycles. The summed E-state index contributed by atoms with van der Waals surface area (Å²) in [5.41, 5.74) is 2.44. The zero-order valence-electron chi connectivity index (χ0n) is 12.4. The lowest BCUT2D eigenvalue weighted by Crippen LogP contribution is -2.26. The Kier molecular flexibility index (Phi) is 6.04. The maximum Gasteiger partial charge on any atom is 0.0508 e. The molecule has 1 heteroatoms. The Morgan fingerprint density at radius 1 is 1.32 bits per heavy atom. The fraction of sp³-hybridized carbons (Fsp3) is 0.444. The molecule has 0 fully saturated rings. The molecule has 0 spiro atoms. The van der Waals surface area contributed by atoms with Crippen LogP contribution in [0.2, 0.25) is 0 Å². The Morgan fingerprint density at radius 3 is 2.42 bits per heavy atom. The summed E-state index contributed by atoms with van der Waals surface area (Å²) in [7, 11) is 0. The van der Waals surface area contributed by atoms with Gasteiger partial charge in [-0.25, -0.2) is 0 Å². The number of rotatable bonds is 7. The fourth-order valence-electron chi connectivity index (χ4n) is 2.47. The van der Waals surface area contributed by atoms with Gasteiger partial charge in [0.2, 0.25) is 0 Å². The van der Waals surface area contributed by atoms with Crippen LogP contribution in [-0.2, 0) is 0 Å². The van der Waals surface area contributed by atoms with Gasteiger partial charge in [-0.3, -0.25) is 0 Å². The molecule has 1 rings (SSSR count). The van der Waals surface area contributed by atoms with Crippen molar-refractivity contribution >= 4 is 0 Å². The smallest absolute Gasteiger partial charge is 0.0508 e. The summed E-state index contributed by atoms with van der Waals surface area (Å²) in [6.07, 6.45) is 6.27. The van der Waals surface area contributed by atoms with E-state index in [-0.39, 0.29) is 17.9 Å². The predicted molar refractivity (Wildman–Crippen MR) is 83.2 cm³/mol. The van der Waals surface area contributed by atoms with Gasteiger partial charge < -0.3 is 5.11 Å². The van der Waals surface area contributed by atoms with Crippen LogP contribution in [0.15, 0.2) is 54.6 Å². The molecule has 0 saturated heterocycles. The number of aliphatic hydroxyl groups excluding tert-OH is 1. The average molecular weight is 258 g/mol. The van der Waals surface area contributed by atoms with Crippen molar-refractivity contribution in [2.75, 3.05) is 6.61 Å². The fourth-order valence-corrected chi connectivity index (χ4v) is 2.47. The van der Waals surface area contributed by atoms with Crippen LogP contribution in [0.1, 0.15) is 45.1 Å². The van der Waals surface area contributed by atoms with E-state index in [9.17, 15) is 5.11 Å². The van der Waals surface area contributed by atoms with Crippen molar-refractivity contribution in [3.05, 3.63) is 60.2 Å². The largest absolute Gasteiger partial charge is 0.396 e. The highest BCUT2D eigenvalue weighted by Gasteiger charge is 2.31. The Balaban J connectivity index is 2.91. The molecule has 0 bridgehead atoms. The Bertz CT molecular complexity index is 415. The first kappa shape index (κ1) is 15.7. The van der Waals surface area contributed by atoms with Crippen LogP contribution in [0.3, 0.4) is 0 Å². The van der Waals surface area contributed by atoms with Crippen LogP contribution in [0, 0.1) is 5.41 Å². The number of hydrogen-bond donors (Lipinski definition) is 1. The van der Waals surface area contributed by atoms with Crippen LogP contribution < -0.4 is 0 Å². The second kappa shape index (κ2) is 7.30. The summed E-state index contributed by atoms with van der Waals surface area (Å²) in [5, 5.41) is 9.79. The minimum Gasteiger partial charge on any atom is -0.396 e. The number of benzene rings is 1. The van der Waals surface area contributed by atoms with Gasteiger partial charge in [-0.05, 0) is 37.7 Å². The van der Waals surface area contributed by atoms with Gasteiger partial charge in [0.15, 0.2) is 0 Å². The zero-order valence-corrected chi connectivity index (χ0v) is 12.4. The van der Waals surface area contributed by atoms with Crippen molar-refractivity contribution in [1.29, 1.82) is 0 Å². The lowest BCUT2D eigenvalue weighted by Gasteiger charge is -2.34. The first-order valence-corrected chi connectivity index (χ1v) is 6.96. The molecule has 19 heavy (non-hydrogen) atoms. The van der Waals surface area contributed by atoms with E-state index in [4.69, 9.17) is 0 Å². The van der Waals surface area contributed by atoms with Gasteiger partial charge in [-0.2, -0.15) is 0 Å². The molecule has 1 nitrogen and oxygen atoms in total. The van der Waals surface area contributed by atoms with E-state index in [2.05, 4.69) is 45.6 Å². The van der Waals surface area contributed by atoms with Crippen LogP contribution in [0.25, 0.3) is 0 Å². The Hall–Kier alpha value is -1.34. The molecule has 0 aromatic heterocycles. The summed E-state index contributed by atoms with van der Waals surface area (Å²) in [5.74, 6) is 0.108. The van der Waals surface area contributed by atoms with Gasteiger partial charge in [-0.15, -0.1) is 6.58 Å². The molecular formula is C18H26O. The first-order chi connectivity index (χ1) is 9.03. The summed E-state index contributed by atoms with van der Waals surface area (Å²) in [6, 6.07) is 10.2. The number of aliphatic hydroxyl groups is 1. The van der Waals surface area contributed by atoms with Crippen molar-refractivity contribution in [3.8, 4) is 0 Å². The second-order valence-corrected chi connectivity index (χ2v) is 5.68. The van der Waals surface area contributed by atoms with Crippen molar-refractivity contribution in [2.45, 2.75) is 39.5 Å². The van der Waals surface area contributed by atoms with Crippen LogP contribution in [-0.4, -0.2) is 11.7 Å². The summed E-state index contributed by atoms with van der Waals surface area (Å²) in [6.45, 7) is 10.6. The molecule has 0 unspecified atom stereocenters. The summed E-state index contributed by atoms with van der Waals surface area (Å²) >= 11 is 0. The van der Waals surface area contributed by atoms with E-state index in [1.165, 1.54) is 11.1 Å². The van der Waals surface area contributed by atoms with Gasteiger partial charge in [0.05, 0.1) is 6.61 Å². The van der Waals surface area contributed by atoms with E-state index < -0.39 is 0 Å². The van der Waals surface area contributed by atoms with E-state index in [1.54, 1.807) is 0 Å². The molecule has 104 valence electrons. The molecule has 0 aliphatic rings. The third-order valence-corrected chi connectivity index (χ3v) is 3.88. The van der Waals surface area contributed by atoms with Crippen LogP contribution in [0.4, 0.5) is 0 Å². The highest BCUT2D eigenvalue weighted by Crippen LogP contribution is 2.40. The monoisotopic (exact) mass is 258 g/mol. The maximum absolute atomic E-state index is 9.79. The molecule has 0 aliphatic carbocycles. The first-order valence-electron chi connectivity index (χ1n) is 6.96. The third-order valence-electron chi connectivity index (χ3n) is 3.88. The minimum atomic E-state index is -0.0813. The molecule has 0 saturated carbocycles. The van der Waals surface area contributed by atoms with Crippen molar-refractivity contribution in [3.63, 3.8) is 0 Å². The van der Waals surface area contributed by atoms with Crippen molar-refractivity contribution in [2.24, 2.45) is 5.41 Å². The molecule has 1 N–H and O–H groups in total. The van der Waals surface area contributed by atoms with Gasteiger partial charge in [0.25, 0.3) is 0 Å². The molecular weight excluding hydrogens is 232 g/mol. The quantitative estimate of drug-likeness (QED) is 0.703. The van der Waals surface area contributed by atoms with Crippen LogP contribution >= 0.6 is 0 Å². The second-order valence-electron chi connectivity index (χ2n) is 5.68. The molecule has 0 aliphatic heterocycles. The minimum absolute atomic E-state index is 0.0813. The van der Waals surface area contributed by atoms with Crippen LogP contribution in [0.5, 0.6) is 0 Å². The third kappa shape index (κ3) is 4.36. The SMILES string of the molecule is C=C[C@@](C)(CCC=C(C)C)[C@H](CO)c1ccccc1. The van der Waals surface area contributed by atoms with Gasteiger partial charge in [0.1, 0.15) is 0 Å². The van der Waals surface area contributed by atoms with Gasteiger partial charge in [-0.1, -0.05) is 55.0 Å². The van der Waals surface area contributed by atoms with E-state index >= 15 is 0 Å². The standard InChI is InChI=1S/C18H26O/c1-5-18(4,13-9-10-15(2)3)17(14-19)16-11-7-6-8-12-16/h5-8,10-12,17,19H,1,9,13-14H2,2-4H3/t17-,18+/m1/s1. The van der Waals surface area contributed by atoms with Crippen molar-refractivity contribution in [1.82, 2.24) is 0 Å². The predicted octanol–water partition coefficient (Wildman–Crippen LogP) is 4.70. The summed E-state index contributed by atoms with van der Waals surface area (Å²) in [4.78, 5) is 0. The summed E-state index contributed by atoms with van der Waals surface area (Å²) < 4.78 is 0. The molecule has 1 aromatic rings. The van der Waals surface area contributed by atoms with Gasteiger partial charge in [0, 0.05) is 5.92 Å². The lowest BCUT2D eigenvalue weighted by molar-refractivity contribution is 0.186. The highest BCUT2D eigenvalue weighted by molar-refractivity contribution is 5.24. The Labute approximate surface area is 117 Å². The topological polar surface area (TPSA) is 20.2 Å². The zero-order chi connectivity index (χ0) is 14.3. The molecule has 2 atom stereocenters. The van der Waals surface area contributed by atoms with E-state index in [0.717, 1.165) is 12.8 Å². The van der Waals surface area contributed by atoms with Gasteiger partial charge >= 0.3 is 0 Å². The molecule has 0 amide bonds.